The van der Waals surface area contributed by atoms with Crippen LogP contribution in [0.4, 0.5) is 11.8 Å². The van der Waals surface area contributed by atoms with E-state index in [1.54, 1.807) is 0 Å². The summed E-state index contributed by atoms with van der Waals surface area (Å²) in [7, 11) is 0. The summed E-state index contributed by atoms with van der Waals surface area (Å²) < 4.78 is 0. The molecular weight excluding hydrogens is 282 g/mol. The number of nitrogens with two attached hydrogens (primary N) is 1. The molecule has 1 amide bonds. The lowest BCUT2D eigenvalue weighted by molar-refractivity contribution is 0.1000. The van der Waals surface area contributed by atoms with E-state index in [1.807, 2.05) is 0 Å². The van der Waals surface area contributed by atoms with E-state index in [0.717, 1.165) is 38.5 Å². The second-order valence-corrected chi connectivity index (χ2v) is 6.24. The van der Waals surface area contributed by atoms with Crippen LogP contribution in [0.3, 0.4) is 0 Å². The average molecular weight is 305 g/mol. The molecule has 1 heterocycles. The van der Waals surface area contributed by atoms with Crippen LogP contribution in [0.2, 0.25) is 0 Å². The fourth-order valence-electron chi connectivity index (χ4n) is 2.89. The van der Waals surface area contributed by atoms with E-state index in [2.05, 4.69) is 20.6 Å². The van der Waals surface area contributed by atoms with Crippen molar-refractivity contribution in [3.63, 3.8) is 0 Å². The van der Waals surface area contributed by atoms with Crippen LogP contribution in [0.15, 0.2) is 6.20 Å². The van der Waals surface area contributed by atoms with Crippen molar-refractivity contribution in [1.29, 1.82) is 0 Å². The molecule has 2 aliphatic rings. The first kappa shape index (κ1) is 15.0. The highest BCUT2D eigenvalue weighted by atomic mass is 16.3. The molecule has 22 heavy (non-hydrogen) atoms. The molecule has 7 nitrogen and oxygen atoms in total. The van der Waals surface area contributed by atoms with Gasteiger partial charge in [-0.25, -0.2) is 4.98 Å². The summed E-state index contributed by atoms with van der Waals surface area (Å²) in [5.41, 5.74) is 5.72. The van der Waals surface area contributed by atoms with Gasteiger partial charge < -0.3 is 21.5 Å². The topological polar surface area (TPSA) is 113 Å². The highest BCUT2D eigenvalue weighted by Crippen LogP contribution is 2.25. The number of rotatable bonds is 5. The third-order valence-corrected chi connectivity index (χ3v) is 4.53. The summed E-state index contributed by atoms with van der Waals surface area (Å²) >= 11 is 0. The molecule has 2 aliphatic carbocycles. The van der Waals surface area contributed by atoms with Crippen molar-refractivity contribution in [2.75, 3.05) is 10.6 Å². The van der Waals surface area contributed by atoms with Gasteiger partial charge in [-0.3, -0.25) is 4.79 Å². The molecule has 2 fully saturated rings. The van der Waals surface area contributed by atoms with Gasteiger partial charge in [0.1, 0.15) is 5.82 Å². The van der Waals surface area contributed by atoms with Crippen LogP contribution in [0, 0.1) is 0 Å². The maximum Gasteiger partial charge on any atom is 0.254 e. The van der Waals surface area contributed by atoms with E-state index >= 15 is 0 Å². The molecule has 0 aromatic carbocycles. The van der Waals surface area contributed by atoms with Crippen LogP contribution in [0.5, 0.6) is 0 Å². The van der Waals surface area contributed by atoms with Crippen LogP contribution in [0.1, 0.15) is 55.3 Å². The first-order chi connectivity index (χ1) is 10.6. The number of carbonyl (C=O) groups is 1. The third kappa shape index (κ3) is 3.47. The van der Waals surface area contributed by atoms with E-state index in [-0.39, 0.29) is 12.1 Å². The normalized spacial score (nSPS) is 25.3. The highest BCUT2D eigenvalue weighted by molar-refractivity contribution is 5.97. The Morgan fingerprint density at radius 3 is 2.41 bits per heavy atom. The summed E-state index contributed by atoms with van der Waals surface area (Å²) in [4.78, 5) is 20.1. The predicted octanol–water partition coefficient (Wildman–Crippen LogP) is 1.26. The number of aliphatic hydroxyl groups is 1. The molecule has 5 N–H and O–H groups in total. The van der Waals surface area contributed by atoms with Gasteiger partial charge in [0, 0.05) is 18.3 Å². The van der Waals surface area contributed by atoms with Crippen molar-refractivity contribution in [3.8, 4) is 0 Å². The van der Waals surface area contributed by atoms with Crippen molar-refractivity contribution in [2.45, 2.75) is 63.1 Å². The Labute approximate surface area is 129 Å². The molecule has 0 atom stereocenters. The standard InChI is InChI=1S/C15H23N5O2/c16-13(22)12-8-17-15(19-10-4-6-11(21)7-5-10)20-14(12)18-9-2-1-3-9/h8-11,21H,1-7H2,(H2,16,22)(H2,17,18,19,20). The number of nitrogens with zero attached hydrogens (tertiary/aromatic N) is 2. The van der Waals surface area contributed by atoms with Gasteiger partial charge in [0.05, 0.1) is 11.7 Å². The van der Waals surface area contributed by atoms with Crippen LogP contribution >= 0.6 is 0 Å². The lowest BCUT2D eigenvalue weighted by Gasteiger charge is -2.28. The molecule has 0 radical (unpaired) electrons. The van der Waals surface area contributed by atoms with Gasteiger partial charge in [-0.05, 0) is 44.9 Å². The summed E-state index contributed by atoms with van der Waals surface area (Å²) in [6.45, 7) is 0. The lowest BCUT2D eigenvalue weighted by Crippen LogP contribution is -2.31. The Kier molecular flexibility index (Phi) is 4.42. The van der Waals surface area contributed by atoms with Gasteiger partial charge >= 0.3 is 0 Å². The summed E-state index contributed by atoms with van der Waals surface area (Å²) in [5, 5.41) is 16.1. The minimum absolute atomic E-state index is 0.188. The maximum absolute atomic E-state index is 11.5. The molecule has 1 aromatic heterocycles. The number of primary amides is 1. The molecule has 1 aromatic rings. The van der Waals surface area contributed by atoms with Gasteiger partial charge in [0.2, 0.25) is 5.95 Å². The number of amides is 1. The number of hydrogen-bond donors (Lipinski definition) is 4. The molecule has 2 saturated carbocycles. The zero-order chi connectivity index (χ0) is 15.5. The first-order valence-electron chi connectivity index (χ1n) is 8.00. The Balaban J connectivity index is 1.71. The molecule has 0 saturated heterocycles. The van der Waals surface area contributed by atoms with Crippen molar-refractivity contribution in [1.82, 2.24) is 9.97 Å². The molecule has 0 aliphatic heterocycles. The van der Waals surface area contributed by atoms with Crippen molar-refractivity contribution < 1.29 is 9.90 Å². The second kappa shape index (κ2) is 6.48. The molecule has 3 rings (SSSR count). The highest BCUT2D eigenvalue weighted by Gasteiger charge is 2.23. The lowest BCUT2D eigenvalue weighted by atomic mass is 9.93. The van der Waals surface area contributed by atoms with Gasteiger partial charge in [-0.1, -0.05) is 0 Å². The Morgan fingerprint density at radius 1 is 1.14 bits per heavy atom. The first-order valence-corrected chi connectivity index (χ1v) is 8.00. The monoisotopic (exact) mass is 305 g/mol. The molecule has 0 bridgehead atoms. The molecule has 120 valence electrons. The summed E-state index contributed by atoms with van der Waals surface area (Å²) in [6.07, 6.45) is 8.06. The molecule has 7 heteroatoms. The molecular formula is C15H23N5O2. The number of carbonyl (C=O) groups excluding carboxylic acids is 1. The van der Waals surface area contributed by atoms with Gasteiger partial charge in [0.25, 0.3) is 5.91 Å². The zero-order valence-electron chi connectivity index (χ0n) is 12.6. The number of nitrogens with one attached hydrogen (secondary N) is 2. The minimum Gasteiger partial charge on any atom is -0.393 e. The van der Waals surface area contributed by atoms with E-state index in [4.69, 9.17) is 5.73 Å². The number of aliphatic hydroxyl groups excluding tert-OH is 1. The number of anilines is 2. The van der Waals surface area contributed by atoms with Crippen molar-refractivity contribution >= 4 is 17.7 Å². The fourth-order valence-corrected chi connectivity index (χ4v) is 2.89. The SMILES string of the molecule is NC(=O)c1cnc(NC2CCC(O)CC2)nc1NC1CCC1. The summed E-state index contributed by atoms with van der Waals surface area (Å²) in [5.74, 6) is 0.507. The Hall–Kier alpha value is -1.89. The van der Waals surface area contributed by atoms with Crippen LogP contribution in [-0.4, -0.2) is 39.2 Å². The van der Waals surface area contributed by atoms with Crippen LogP contribution in [0.25, 0.3) is 0 Å². The van der Waals surface area contributed by atoms with E-state index in [9.17, 15) is 9.90 Å². The Bertz CT molecular complexity index is 539. The average Bonchev–Trinajstić information content (AvgIpc) is 2.45. The van der Waals surface area contributed by atoms with Crippen LogP contribution in [-0.2, 0) is 0 Å². The smallest absolute Gasteiger partial charge is 0.254 e. The van der Waals surface area contributed by atoms with Crippen molar-refractivity contribution in [2.24, 2.45) is 5.73 Å². The second-order valence-electron chi connectivity index (χ2n) is 6.24. The maximum atomic E-state index is 11.5. The quantitative estimate of drug-likeness (QED) is 0.651. The molecule has 0 unspecified atom stereocenters. The molecule has 0 spiro atoms. The number of aromatic nitrogens is 2. The van der Waals surface area contributed by atoms with E-state index < -0.39 is 5.91 Å². The van der Waals surface area contributed by atoms with Gasteiger partial charge in [0.15, 0.2) is 0 Å². The van der Waals surface area contributed by atoms with Crippen molar-refractivity contribution in [3.05, 3.63) is 11.8 Å². The number of hydrogen-bond acceptors (Lipinski definition) is 6. The zero-order valence-corrected chi connectivity index (χ0v) is 12.6. The Morgan fingerprint density at radius 2 is 1.82 bits per heavy atom. The van der Waals surface area contributed by atoms with Gasteiger partial charge in [-0.2, -0.15) is 4.98 Å². The minimum atomic E-state index is -0.519. The van der Waals surface area contributed by atoms with E-state index in [1.165, 1.54) is 12.6 Å². The van der Waals surface area contributed by atoms with Gasteiger partial charge in [-0.15, -0.1) is 0 Å². The summed E-state index contributed by atoms with van der Waals surface area (Å²) in [6, 6.07) is 0.630. The third-order valence-electron chi connectivity index (χ3n) is 4.53. The van der Waals surface area contributed by atoms with E-state index in [0.29, 0.717) is 23.4 Å². The fraction of sp³-hybridized carbons (Fsp3) is 0.667. The largest absolute Gasteiger partial charge is 0.393 e. The predicted molar refractivity (Wildman–Crippen MR) is 83.7 cm³/mol. The van der Waals surface area contributed by atoms with Crippen LogP contribution < -0.4 is 16.4 Å².